The van der Waals surface area contributed by atoms with Gasteiger partial charge in [-0.2, -0.15) is 0 Å². The molecule has 1 aromatic rings. The van der Waals surface area contributed by atoms with E-state index in [-0.39, 0.29) is 24.3 Å². The van der Waals surface area contributed by atoms with Gasteiger partial charge in [0.05, 0.1) is 0 Å². The molecule has 0 aliphatic rings. The van der Waals surface area contributed by atoms with Gasteiger partial charge in [-0.15, -0.1) is 12.4 Å². The summed E-state index contributed by atoms with van der Waals surface area (Å²) in [5.41, 5.74) is 7.23. The highest BCUT2D eigenvalue weighted by Crippen LogP contribution is 2.18. The molecule has 0 spiro atoms. The van der Waals surface area contributed by atoms with Gasteiger partial charge in [-0.25, -0.2) is 13.8 Å². The quantitative estimate of drug-likeness (QED) is 0.896. The predicted molar refractivity (Wildman–Crippen MR) is 60.3 cm³/mol. The second kappa shape index (κ2) is 6.60. The van der Waals surface area contributed by atoms with Crippen molar-refractivity contribution in [1.82, 2.24) is 4.98 Å². The fourth-order valence-electron chi connectivity index (χ4n) is 1.13. The topological polar surface area (TPSA) is 48.1 Å². The average Bonchev–Trinajstić information content (AvgIpc) is 2.15. The van der Waals surface area contributed by atoms with Crippen LogP contribution in [0.5, 0.6) is 5.88 Å². The van der Waals surface area contributed by atoms with Crippen molar-refractivity contribution >= 4 is 12.4 Å². The molecule has 0 aromatic carbocycles. The van der Waals surface area contributed by atoms with E-state index in [2.05, 4.69) is 4.98 Å². The summed E-state index contributed by atoms with van der Waals surface area (Å²) in [6.07, 6.45) is -0.947. The maximum absolute atomic E-state index is 11.9. The summed E-state index contributed by atoms with van der Waals surface area (Å²) in [5.74, 6) is 0.236. The number of hydrogen-bond acceptors (Lipinski definition) is 3. The molecule has 1 heterocycles. The average molecular weight is 253 g/mol. The van der Waals surface area contributed by atoms with Gasteiger partial charge >= 0.3 is 0 Å². The van der Waals surface area contributed by atoms with Gasteiger partial charge in [0, 0.05) is 17.8 Å². The minimum atomic E-state index is -2.49. The third-order valence-electron chi connectivity index (χ3n) is 1.92. The van der Waals surface area contributed by atoms with E-state index in [0.29, 0.717) is 5.56 Å². The van der Waals surface area contributed by atoms with Crippen molar-refractivity contribution < 1.29 is 13.5 Å². The van der Waals surface area contributed by atoms with Crippen LogP contribution in [0.15, 0.2) is 12.3 Å². The molecule has 0 saturated heterocycles. The first-order valence-corrected chi connectivity index (χ1v) is 4.63. The van der Waals surface area contributed by atoms with Crippen molar-refractivity contribution in [2.45, 2.75) is 26.3 Å². The molecule has 0 radical (unpaired) electrons. The van der Waals surface area contributed by atoms with Crippen molar-refractivity contribution in [3.63, 3.8) is 0 Å². The molecule has 1 unspecified atom stereocenters. The van der Waals surface area contributed by atoms with Crippen LogP contribution in [-0.4, -0.2) is 18.0 Å². The van der Waals surface area contributed by atoms with Gasteiger partial charge in [-0.3, -0.25) is 0 Å². The Bertz CT molecular complexity index is 335. The van der Waals surface area contributed by atoms with Crippen LogP contribution in [0, 0.1) is 6.92 Å². The van der Waals surface area contributed by atoms with Crippen molar-refractivity contribution in [3.8, 4) is 5.88 Å². The standard InChI is InChI=1S/C10H14F2N2O.ClH/c1-6-3-8(7(2)13)4-14-10(6)15-5-9(11)12;/h3-4,7,9H,5,13H2,1-2H3;1H. The third-order valence-corrected chi connectivity index (χ3v) is 1.92. The Morgan fingerprint density at radius 1 is 1.50 bits per heavy atom. The molecule has 0 amide bonds. The van der Waals surface area contributed by atoms with Crippen LogP contribution in [0.1, 0.15) is 24.1 Å². The summed E-state index contributed by atoms with van der Waals surface area (Å²) in [7, 11) is 0. The van der Waals surface area contributed by atoms with Crippen LogP contribution in [0.3, 0.4) is 0 Å². The van der Waals surface area contributed by atoms with Crippen LogP contribution in [0.4, 0.5) is 8.78 Å². The molecular weight excluding hydrogens is 238 g/mol. The molecule has 0 bridgehead atoms. The van der Waals surface area contributed by atoms with Gasteiger partial charge in [-0.1, -0.05) is 0 Å². The highest BCUT2D eigenvalue weighted by Gasteiger charge is 2.08. The van der Waals surface area contributed by atoms with Crippen LogP contribution in [-0.2, 0) is 0 Å². The zero-order valence-corrected chi connectivity index (χ0v) is 9.93. The smallest absolute Gasteiger partial charge is 0.272 e. The van der Waals surface area contributed by atoms with E-state index in [1.807, 2.05) is 6.92 Å². The Labute approximate surface area is 99.4 Å². The fraction of sp³-hybridized carbons (Fsp3) is 0.500. The lowest BCUT2D eigenvalue weighted by Gasteiger charge is -2.10. The molecule has 1 aromatic heterocycles. The van der Waals surface area contributed by atoms with Gasteiger partial charge in [-0.05, 0) is 25.5 Å². The van der Waals surface area contributed by atoms with E-state index in [1.165, 1.54) is 0 Å². The first kappa shape index (κ1) is 15.1. The molecule has 1 atom stereocenters. The zero-order chi connectivity index (χ0) is 11.4. The summed E-state index contributed by atoms with van der Waals surface area (Å²) in [4.78, 5) is 3.94. The molecule has 16 heavy (non-hydrogen) atoms. The number of ether oxygens (including phenoxy) is 1. The van der Waals surface area contributed by atoms with E-state index in [4.69, 9.17) is 10.5 Å². The van der Waals surface area contributed by atoms with Crippen LogP contribution in [0.25, 0.3) is 0 Å². The van der Waals surface area contributed by atoms with E-state index in [1.54, 1.807) is 19.2 Å². The molecule has 6 heteroatoms. The van der Waals surface area contributed by atoms with E-state index >= 15 is 0 Å². The number of nitrogens with zero attached hydrogens (tertiary/aromatic N) is 1. The number of halogens is 3. The van der Waals surface area contributed by atoms with Crippen LogP contribution >= 0.6 is 12.4 Å². The number of alkyl halides is 2. The lowest BCUT2D eigenvalue weighted by Crippen LogP contribution is -2.10. The lowest BCUT2D eigenvalue weighted by molar-refractivity contribution is 0.0792. The van der Waals surface area contributed by atoms with Crippen molar-refractivity contribution in [3.05, 3.63) is 23.4 Å². The summed E-state index contributed by atoms with van der Waals surface area (Å²) >= 11 is 0. The summed E-state index contributed by atoms with van der Waals surface area (Å²) in [6, 6.07) is 1.67. The monoisotopic (exact) mass is 252 g/mol. The summed E-state index contributed by atoms with van der Waals surface area (Å²) in [6.45, 7) is 2.95. The summed E-state index contributed by atoms with van der Waals surface area (Å²) < 4.78 is 28.6. The Hall–Kier alpha value is -0.940. The SMILES string of the molecule is Cc1cc(C(C)N)cnc1OCC(F)F.Cl. The molecule has 2 N–H and O–H groups in total. The second-order valence-electron chi connectivity index (χ2n) is 3.38. The third kappa shape index (κ3) is 4.28. The number of pyridine rings is 1. The molecule has 0 fully saturated rings. The van der Waals surface area contributed by atoms with E-state index in [0.717, 1.165) is 5.56 Å². The molecule has 92 valence electrons. The zero-order valence-electron chi connectivity index (χ0n) is 9.11. The maximum atomic E-state index is 11.9. The Morgan fingerprint density at radius 2 is 2.12 bits per heavy atom. The van der Waals surface area contributed by atoms with Gasteiger partial charge in [0.25, 0.3) is 6.43 Å². The van der Waals surface area contributed by atoms with Gasteiger partial charge in [0.15, 0.2) is 6.61 Å². The molecule has 0 aliphatic carbocycles. The molecular formula is C10H15ClF2N2O. The maximum Gasteiger partial charge on any atom is 0.272 e. The highest BCUT2D eigenvalue weighted by molar-refractivity contribution is 5.85. The first-order chi connectivity index (χ1) is 7.00. The lowest BCUT2D eigenvalue weighted by atomic mass is 10.1. The Balaban J connectivity index is 0.00000225. The number of rotatable bonds is 4. The van der Waals surface area contributed by atoms with Crippen molar-refractivity contribution in [2.24, 2.45) is 5.73 Å². The number of hydrogen-bond donors (Lipinski definition) is 1. The van der Waals surface area contributed by atoms with Crippen molar-refractivity contribution in [1.29, 1.82) is 0 Å². The number of aromatic nitrogens is 1. The van der Waals surface area contributed by atoms with Crippen LogP contribution < -0.4 is 10.5 Å². The Morgan fingerprint density at radius 3 is 2.56 bits per heavy atom. The molecule has 3 nitrogen and oxygen atoms in total. The second-order valence-corrected chi connectivity index (χ2v) is 3.38. The predicted octanol–water partition coefficient (Wildman–Crippen LogP) is 2.48. The number of nitrogens with two attached hydrogens (primary N) is 1. The Kier molecular flexibility index (Phi) is 6.21. The van der Waals surface area contributed by atoms with Gasteiger partial charge in [0.1, 0.15) is 0 Å². The minimum Gasteiger partial charge on any atom is -0.471 e. The number of aryl methyl sites for hydroxylation is 1. The molecule has 1 rings (SSSR count). The minimum absolute atomic E-state index is 0. The van der Waals surface area contributed by atoms with E-state index in [9.17, 15) is 8.78 Å². The normalized spacial score (nSPS) is 12.1. The molecule has 0 saturated carbocycles. The highest BCUT2D eigenvalue weighted by atomic mass is 35.5. The fourth-order valence-corrected chi connectivity index (χ4v) is 1.13. The van der Waals surface area contributed by atoms with E-state index < -0.39 is 13.0 Å². The molecule has 0 aliphatic heterocycles. The largest absolute Gasteiger partial charge is 0.471 e. The summed E-state index contributed by atoms with van der Waals surface area (Å²) in [5, 5.41) is 0. The van der Waals surface area contributed by atoms with Gasteiger partial charge < -0.3 is 10.5 Å². The van der Waals surface area contributed by atoms with Crippen LogP contribution in [0.2, 0.25) is 0 Å². The van der Waals surface area contributed by atoms with Gasteiger partial charge in [0.2, 0.25) is 5.88 Å². The first-order valence-electron chi connectivity index (χ1n) is 4.63. The van der Waals surface area contributed by atoms with Crippen molar-refractivity contribution in [2.75, 3.05) is 6.61 Å².